The monoisotopic (exact) mass is 442 g/mol. The summed E-state index contributed by atoms with van der Waals surface area (Å²) in [5, 5.41) is 5.88. The summed E-state index contributed by atoms with van der Waals surface area (Å²) >= 11 is 0. The van der Waals surface area contributed by atoms with Gasteiger partial charge in [0.2, 0.25) is 17.8 Å². The number of anilines is 3. The van der Waals surface area contributed by atoms with E-state index in [0.717, 1.165) is 28.2 Å². The first-order valence-corrected chi connectivity index (χ1v) is 10.6. The fourth-order valence-electron chi connectivity index (χ4n) is 4.03. The predicted molar refractivity (Wildman–Crippen MR) is 123 cm³/mol. The molecule has 5 rings (SSSR count). The van der Waals surface area contributed by atoms with Crippen LogP contribution in [0.1, 0.15) is 15.9 Å². The number of nitrogens with zero attached hydrogens (tertiary/aromatic N) is 4. The van der Waals surface area contributed by atoms with Crippen LogP contribution < -0.4 is 15.5 Å². The molecule has 3 amide bonds. The standard InChI is InChI=1S/C24H22N6O3/c1-29-19-5-3-2-4-18(19)22-16(12-21(29)32)13-26-24(28-22)27-17-8-6-15(7-9-17)23(33)30-11-10-25-20(31)14-30/h2-9,13H,10-12,14H2,1H3,(H,25,31)(H,26,27,28). The van der Waals surface area contributed by atoms with Crippen LogP contribution in [0.4, 0.5) is 17.3 Å². The first kappa shape index (κ1) is 20.6. The van der Waals surface area contributed by atoms with E-state index in [-0.39, 0.29) is 30.7 Å². The Kier molecular flexibility index (Phi) is 5.21. The van der Waals surface area contributed by atoms with Gasteiger partial charge in [-0.2, -0.15) is 0 Å². The lowest BCUT2D eigenvalue weighted by molar-refractivity contribution is -0.123. The Morgan fingerprint density at radius 2 is 1.88 bits per heavy atom. The third-order valence-electron chi connectivity index (χ3n) is 5.81. The third kappa shape index (κ3) is 4.00. The quantitative estimate of drug-likeness (QED) is 0.642. The number of rotatable bonds is 3. The van der Waals surface area contributed by atoms with Crippen molar-refractivity contribution in [3.8, 4) is 11.3 Å². The van der Waals surface area contributed by atoms with Crippen molar-refractivity contribution in [2.45, 2.75) is 6.42 Å². The molecule has 1 fully saturated rings. The topological polar surface area (TPSA) is 108 Å². The van der Waals surface area contributed by atoms with E-state index in [0.29, 0.717) is 24.6 Å². The van der Waals surface area contributed by atoms with Gasteiger partial charge < -0.3 is 20.4 Å². The van der Waals surface area contributed by atoms with Gasteiger partial charge in [-0.25, -0.2) is 9.97 Å². The Balaban J connectivity index is 1.38. The Hall–Kier alpha value is -4.27. The van der Waals surface area contributed by atoms with E-state index in [1.54, 1.807) is 42.4 Å². The van der Waals surface area contributed by atoms with E-state index in [9.17, 15) is 14.4 Å². The largest absolute Gasteiger partial charge is 0.353 e. The molecule has 0 unspecified atom stereocenters. The fourth-order valence-corrected chi connectivity index (χ4v) is 4.03. The fraction of sp³-hybridized carbons (Fsp3) is 0.208. The molecule has 33 heavy (non-hydrogen) atoms. The van der Waals surface area contributed by atoms with E-state index in [4.69, 9.17) is 4.98 Å². The number of aromatic nitrogens is 2. The summed E-state index contributed by atoms with van der Waals surface area (Å²) in [6, 6.07) is 14.6. The molecule has 2 N–H and O–H groups in total. The van der Waals surface area contributed by atoms with Crippen LogP contribution in [0.3, 0.4) is 0 Å². The van der Waals surface area contributed by atoms with Crippen LogP contribution >= 0.6 is 0 Å². The average Bonchev–Trinajstić information content (AvgIpc) is 2.94. The van der Waals surface area contributed by atoms with Crippen molar-refractivity contribution in [3.63, 3.8) is 0 Å². The number of amides is 3. The molecule has 0 radical (unpaired) electrons. The van der Waals surface area contributed by atoms with Crippen LogP contribution in [0, 0.1) is 0 Å². The molecule has 166 valence electrons. The van der Waals surface area contributed by atoms with Gasteiger partial charge in [-0.1, -0.05) is 18.2 Å². The summed E-state index contributed by atoms with van der Waals surface area (Å²) in [5.74, 6) is 0.0510. The Morgan fingerprint density at radius 1 is 1.09 bits per heavy atom. The number of para-hydroxylation sites is 1. The minimum atomic E-state index is -0.178. The smallest absolute Gasteiger partial charge is 0.254 e. The van der Waals surface area contributed by atoms with Crippen LogP contribution in [0.5, 0.6) is 0 Å². The summed E-state index contributed by atoms with van der Waals surface area (Å²) in [6.07, 6.45) is 1.91. The molecule has 0 spiro atoms. The number of hydrogen-bond donors (Lipinski definition) is 2. The summed E-state index contributed by atoms with van der Waals surface area (Å²) < 4.78 is 0. The molecule has 2 aromatic carbocycles. The predicted octanol–water partition coefficient (Wildman–Crippen LogP) is 1.98. The highest BCUT2D eigenvalue weighted by atomic mass is 16.2. The highest BCUT2D eigenvalue weighted by Gasteiger charge is 2.25. The SMILES string of the molecule is CN1C(=O)Cc2cnc(Nc3ccc(C(=O)N4CCNC(=O)C4)cc3)nc2-c2ccccc21. The number of likely N-dealkylation sites (N-methyl/N-ethyl adjacent to an activating group) is 1. The van der Waals surface area contributed by atoms with E-state index >= 15 is 0 Å². The number of piperazine rings is 1. The van der Waals surface area contributed by atoms with Crippen molar-refractivity contribution in [3.05, 3.63) is 65.9 Å². The first-order chi connectivity index (χ1) is 16.0. The van der Waals surface area contributed by atoms with Crippen LogP contribution in [-0.4, -0.2) is 59.3 Å². The molecule has 0 bridgehead atoms. The van der Waals surface area contributed by atoms with Crippen molar-refractivity contribution >= 4 is 35.0 Å². The lowest BCUT2D eigenvalue weighted by Crippen LogP contribution is -2.49. The number of benzene rings is 2. The zero-order valence-corrected chi connectivity index (χ0v) is 18.0. The summed E-state index contributed by atoms with van der Waals surface area (Å²) in [5.41, 5.74) is 4.40. The van der Waals surface area contributed by atoms with Gasteiger partial charge in [0.25, 0.3) is 5.91 Å². The molecule has 3 heterocycles. The van der Waals surface area contributed by atoms with Gasteiger partial charge in [0, 0.05) is 48.7 Å². The van der Waals surface area contributed by atoms with Gasteiger partial charge in [-0.15, -0.1) is 0 Å². The minimum absolute atomic E-state index is 0.0167. The zero-order valence-electron chi connectivity index (χ0n) is 18.0. The van der Waals surface area contributed by atoms with Gasteiger partial charge in [0.1, 0.15) is 0 Å². The maximum absolute atomic E-state index is 12.6. The van der Waals surface area contributed by atoms with Crippen molar-refractivity contribution in [2.24, 2.45) is 0 Å². The molecule has 0 atom stereocenters. The van der Waals surface area contributed by atoms with Gasteiger partial charge in [0.15, 0.2) is 0 Å². The molecule has 0 saturated carbocycles. The minimum Gasteiger partial charge on any atom is -0.353 e. The van der Waals surface area contributed by atoms with Crippen molar-refractivity contribution in [1.82, 2.24) is 20.2 Å². The molecule has 1 aromatic heterocycles. The Morgan fingerprint density at radius 3 is 2.67 bits per heavy atom. The van der Waals surface area contributed by atoms with E-state index in [1.807, 2.05) is 24.3 Å². The van der Waals surface area contributed by atoms with E-state index in [2.05, 4.69) is 15.6 Å². The number of carbonyl (C=O) groups excluding carboxylic acids is 3. The van der Waals surface area contributed by atoms with Crippen molar-refractivity contribution < 1.29 is 14.4 Å². The van der Waals surface area contributed by atoms with Gasteiger partial charge >= 0.3 is 0 Å². The van der Waals surface area contributed by atoms with Gasteiger partial charge in [-0.05, 0) is 30.3 Å². The lowest BCUT2D eigenvalue weighted by Gasteiger charge is -2.26. The molecular formula is C24H22N6O3. The lowest BCUT2D eigenvalue weighted by atomic mass is 10.1. The van der Waals surface area contributed by atoms with Crippen LogP contribution in [0.25, 0.3) is 11.3 Å². The second kappa shape index (κ2) is 8.34. The zero-order chi connectivity index (χ0) is 22.9. The van der Waals surface area contributed by atoms with E-state index < -0.39 is 0 Å². The number of nitrogens with one attached hydrogen (secondary N) is 2. The third-order valence-corrected chi connectivity index (χ3v) is 5.81. The Bertz CT molecular complexity index is 1260. The molecule has 9 heteroatoms. The molecule has 3 aromatic rings. The maximum atomic E-state index is 12.6. The number of hydrogen-bond acceptors (Lipinski definition) is 6. The summed E-state index contributed by atoms with van der Waals surface area (Å²) in [6.45, 7) is 1.03. The molecule has 0 aliphatic carbocycles. The second-order valence-electron chi connectivity index (χ2n) is 7.99. The van der Waals surface area contributed by atoms with Gasteiger partial charge in [-0.3, -0.25) is 14.4 Å². The number of fused-ring (bicyclic) bond motifs is 3. The van der Waals surface area contributed by atoms with Crippen molar-refractivity contribution in [1.29, 1.82) is 0 Å². The van der Waals surface area contributed by atoms with Crippen LogP contribution in [0.2, 0.25) is 0 Å². The van der Waals surface area contributed by atoms with Crippen LogP contribution in [-0.2, 0) is 16.0 Å². The highest BCUT2D eigenvalue weighted by molar-refractivity contribution is 6.01. The normalized spacial score (nSPS) is 15.3. The van der Waals surface area contributed by atoms with Crippen molar-refractivity contribution in [2.75, 3.05) is 36.9 Å². The van der Waals surface area contributed by atoms with E-state index in [1.165, 1.54) is 4.90 Å². The van der Waals surface area contributed by atoms with Crippen LogP contribution in [0.15, 0.2) is 54.7 Å². The maximum Gasteiger partial charge on any atom is 0.254 e. The summed E-state index contributed by atoms with van der Waals surface area (Å²) in [4.78, 5) is 49.0. The molecule has 1 saturated heterocycles. The molecule has 2 aliphatic rings. The number of carbonyl (C=O) groups is 3. The van der Waals surface area contributed by atoms with Gasteiger partial charge in [0.05, 0.1) is 24.3 Å². The molecular weight excluding hydrogens is 420 g/mol. The Labute approximate surface area is 190 Å². The highest BCUT2D eigenvalue weighted by Crippen LogP contribution is 2.35. The average molecular weight is 442 g/mol. The molecule has 2 aliphatic heterocycles. The summed E-state index contributed by atoms with van der Waals surface area (Å²) in [7, 11) is 1.76. The first-order valence-electron chi connectivity index (χ1n) is 10.6. The second-order valence-corrected chi connectivity index (χ2v) is 7.99. The molecule has 9 nitrogen and oxygen atoms in total.